The van der Waals surface area contributed by atoms with Gasteiger partial charge in [-0.05, 0) is 86.1 Å². The molecule has 9 nitrogen and oxygen atoms in total. The minimum Gasteiger partial charge on any atom is -0.496 e. The molecule has 1 saturated heterocycles. The summed E-state index contributed by atoms with van der Waals surface area (Å²) in [6.45, 7) is 5.85. The molecule has 1 N–H and O–H groups in total. The predicted octanol–water partition coefficient (Wildman–Crippen LogP) is 5.10. The molecule has 3 aromatic carbocycles. The van der Waals surface area contributed by atoms with Crippen LogP contribution in [0.25, 0.3) is 6.08 Å². The third-order valence-corrected chi connectivity index (χ3v) is 6.87. The number of hydrogen-bond donors (Lipinski definition) is 1. The molecule has 0 aliphatic carbocycles. The SMILES string of the molecule is CCOc1ccc(CCN2C(=O)/C(=C\c3ccc(OC)c(COc4ccc5c(c4)OCO5)c3)NC2=S)cc1OCC. The van der Waals surface area contributed by atoms with Crippen molar-refractivity contribution in [3.8, 4) is 34.5 Å². The number of nitrogens with zero attached hydrogens (tertiary/aromatic N) is 1. The monoisotopic (exact) mass is 576 g/mol. The minimum atomic E-state index is -0.181. The number of amides is 1. The topological polar surface area (TPSA) is 87.7 Å². The highest BCUT2D eigenvalue weighted by Crippen LogP contribution is 2.36. The fourth-order valence-electron chi connectivity index (χ4n) is 4.56. The average molecular weight is 577 g/mol. The molecule has 1 amide bonds. The van der Waals surface area contributed by atoms with Crippen molar-refractivity contribution >= 4 is 29.3 Å². The molecule has 2 aliphatic rings. The van der Waals surface area contributed by atoms with Crippen LogP contribution in [0.5, 0.6) is 34.5 Å². The summed E-state index contributed by atoms with van der Waals surface area (Å²) >= 11 is 5.49. The molecule has 0 spiro atoms. The highest BCUT2D eigenvalue weighted by Gasteiger charge is 2.30. The number of methoxy groups -OCH3 is 1. The summed E-state index contributed by atoms with van der Waals surface area (Å²) < 4.78 is 33.7. The van der Waals surface area contributed by atoms with Crippen molar-refractivity contribution in [1.82, 2.24) is 10.2 Å². The van der Waals surface area contributed by atoms with Gasteiger partial charge in [0.15, 0.2) is 28.1 Å². The lowest BCUT2D eigenvalue weighted by molar-refractivity contribution is -0.122. The molecule has 2 aliphatic heterocycles. The van der Waals surface area contributed by atoms with Crippen LogP contribution < -0.4 is 33.7 Å². The van der Waals surface area contributed by atoms with Crippen LogP contribution in [0.15, 0.2) is 60.3 Å². The molecule has 0 saturated carbocycles. The van der Waals surface area contributed by atoms with Crippen LogP contribution in [-0.2, 0) is 17.8 Å². The van der Waals surface area contributed by atoms with E-state index in [1.165, 1.54) is 0 Å². The van der Waals surface area contributed by atoms with Crippen molar-refractivity contribution in [3.05, 3.63) is 77.0 Å². The maximum absolute atomic E-state index is 13.3. The van der Waals surface area contributed by atoms with Crippen LogP contribution in [0.3, 0.4) is 0 Å². The number of fused-ring (bicyclic) bond motifs is 1. The first-order valence-corrected chi connectivity index (χ1v) is 13.8. The number of thiocarbonyl (C=S) groups is 1. The van der Waals surface area contributed by atoms with E-state index in [-0.39, 0.29) is 19.3 Å². The Morgan fingerprint density at radius 2 is 1.71 bits per heavy atom. The van der Waals surface area contributed by atoms with Gasteiger partial charge in [0, 0.05) is 18.2 Å². The number of hydrogen-bond acceptors (Lipinski definition) is 8. The summed E-state index contributed by atoms with van der Waals surface area (Å²) in [6, 6.07) is 16.9. The summed E-state index contributed by atoms with van der Waals surface area (Å²) in [7, 11) is 1.61. The van der Waals surface area contributed by atoms with Gasteiger partial charge in [-0.3, -0.25) is 9.69 Å². The Labute approximate surface area is 244 Å². The quantitative estimate of drug-likeness (QED) is 0.234. The third-order valence-electron chi connectivity index (χ3n) is 6.55. The molecular weight excluding hydrogens is 544 g/mol. The van der Waals surface area contributed by atoms with Crippen molar-refractivity contribution in [2.75, 3.05) is 33.7 Å². The number of carbonyl (C=O) groups is 1. The number of rotatable bonds is 12. The van der Waals surface area contributed by atoms with Gasteiger partial charge in [0.05, 0.1) is 20.3 Å². The Hall–Kier alpha value is -4.44. The lowest BCUT2D eigenvalue weighted by Gasteiger charge is -2.16. The van der Waals surface area contributed by atoms with E-state index in [1.54, 1.807) is 24.2 Å². The molecule has 214 valence electrons. The molecule has 0 atom stereocenters. The maximum Gasteiger partial charge on any atom is 0.276 e. The smallest absolute Gasteiger partial charge is 0.276 e. The molecule has 5 rings (SSSR count). The van der Waals surface area contributed by atoms with Gasteiger partial charge < -0.3 is 33.7 Å². The summed E-state index contributed by atoms with van der Waals surface area (Å²) in [5.74, 6) is 3.89. The zero-order valence-electron chi connectivity index (χ0n) is 23.2. The van der Waals surface area contributed by atoms with Gasteiger partial charge in [-0.1, -0.05) is 12.1 Å². The second-order valence-corrected chi connectivity index (χ2v) is 9.60. The minimum absolute atomic E-state index is 0.181. The van der Waals surface area contributed by atoms with E-state index in [0.29, 0.717) is 71.5 Å². The first-order chi connectivity index (χ1) is 20.0. The van der Waals surface area contributed by atoms with E-state index in [2.05, 4.69) is 5.32 Å². The van der Waals surface area contributed by atoms with Crippen LogP contribution in [0.2, 0.25) is 0 Å². The molecule has 0 bridgehead atoms. The summed E-state index contributed by atoms with van der Waals surface area (Å²) in [5, 5.41) is 3.43. The van der Waals surface area contributed by atoms with Crippen LogP contribution in [0.1, 0.15) is 30.5 Å². The van der Waals surface area contributed by atoms with Crippen molar-refractivity contribution in [3.63, 3.8) is 0 Å². The molecule has 1 fully saturated rings. The van der Waals surface area contributed by atoms with Crippen molar-refractivity contribution in [2.24, 2.45) is 0 Å². The number of carbonyl (C=O) groups excluding carboxylic acids is 1. The van der Waals surface area contributed by atoms with E-state index >= 15 is 0 Å². The summed E-state index contributed by atoms with van der Waals surface area (Å²) in [4.78, 5) is 14.8. The second-order valence-electron chi connectivity index (χ2n) is 9.22. The molecule has 3 aromatic rings. The lowest BCUT2D eigenvalue weighted by Crippen LogP contribution is -2.32. The van der Waals surface area contributed by atoms with Crippen molar-refractivity contribution in [1.29, 1.82) is 0 Å². The molecule has 0 radical (unpaired) electrons. The normalized spacial score (nSPS) is 14.8. The average Bonchev–Trinajstić information content (AvgIpc) is 3.55. The van der Waals surface area contributed by atoms with Gasteiger partial charge in [-0.15, -0.1) is 0 Å². The molecule has 0 unspecified atom stereocenters. The first-order valence-electron chi connectivity index (χ1n) is 13.4. The highest BCUT2D eigenvalue weighted by atomic mass is 32.1. The van der Waals surface area contributed by atoms with Crippen LogP contribution in [0.4, 0.5) is 0 Å². The molecular formula is C31H32N2O7S. The second kappa shape index (κ2) is 12.8. The largest absolute Gasteiger partial charge is 0.496 e. The fourth-order valence-corrected chi connectivity index (χ4v) is 4.85. The zero-order chi connectivity index (χ0) is 28.8. The van der Waals surface area contributed by atoms with Crippen molar-refractivity contribution in [2.45, 2.75) is 26.9 Å². The van der Waals surface area contributed by atoms with Gasteiger partial charge >= 0.3 is 0 Å². The number of nitrogens with one attached hydrogen (secondary N) is 1. The van der Waals surface area contributed by atoms with E-state index in [0.717, 1.165) is 16.7 Å². The standard InChI is InChI=1S/C31H32N2O7S/c1-4-36-26-10-6-20(16-28(26)37-5-2)12-13-33-30(34)24(32-31(33)41)15-21-7-9-25(35-3)22(14-21)18-38-23-8-11-27-29(17-23)40-19-39-27/h6-11,14-17H,4-5,12-13,18-19H2,1-3H3,(H,32,41)/b24-15+. The Balaban J connectivity index is 1.26. The number of benzene rings is 3. The van der Waals surface area contributed by atoms with E-state index < -0.39 is 0 Å². The van der Waals surface area contributed by atoms with Gasteiger partial charge in [0.25, 0.3) is 5.91 Å². The maximum atomic E-state index is 13.3. The Morgan fingerprint density at radius 3 is 2.51 bits per heavy atom. The van der Waals surface area contributed by atoms with Gasteiger partial charge in [-0.2, -0.15) is 0 Å². The Morgan fingerprint density at radius 1 is 0.927 bits per heavy atom. The molecule has 2 heterocycles. The molecule has 10 heteroatoms. The molecule has 41 heavy (non-hydrogen) atoms. The van der Waals surface area contributed by atoms with E-state index in [4.69, 9.17) is 40.6 Å². The fraction of sp³-hybridized carbons (Fsp3) is 0.290. The van der Waals surface area contributed by atoms with E-state index in [1.807, 2.05) is 62.4 Å². The van der Waals surface area contributed by atoms with Crippen molar-refractivity contribution < 1.29 is 33.2 Å². The van der Waals surface area contributed by atoms with Crippen LogP contribution >= 0.6 is 12.2 Å². The summed E-state index contributed by atoms with van der Waals surface area (Å²) in [5.41, 5.74) is 3.06. The van der Waals surface area contributed by atoms with Gasteiger partial charge in [0.2, 0.25) is 6.79 Å². The molecule has 0 aromatic heterocycles. The van der Waals surface area contributed by atoms with Gasteiger partial charge in [-0.25, -0.2) is 0 Å². The predicted molar refractivity (Wildman–Crippen MR) is 158 cm³/mol. The first kappa shape index (κ1) is 28.1. The Kier molecular flexibility index (Phi) is 8.79. The number of ether oxygens (including phenoxy) is 6. The Bertz CT molecular complexity index is 1470. The van der Waals surface area contributed by atoms with Gasteiger partial charge in [0.1, 0.15) is 23.8 Å². The zero-order valence-corrected chi connectivity index (χ0v) is 24.0. The third kappa shape index (κ3) is 6.49. The lowest BCUT2D eigenvalue weighted by atomic mass is 10.1. The van der Waals surface area contributed by atoms with Crippen LogP contribution in [0, 0.1) is 0 Å². The van der Waals surface area contributed by atoms with Crippen LogP contribution in [-0.4, -0.2) is 49.6 Å². The highest BCUT2D eigenvalue weighted by molar-refractivity contribution is 7.80. The van der Waals surface area contributed by atoms with E-state index in [9.17, 15) is 4.79 Å². The summed E-state index contributed by atoms with van der Waals surface area (Å²) in [6.07, 6.45) is 2.39.